The fourth-order valence-corrected chi connectivity index (χ4v) is 2.17. The van der Waals surface area contributed by atoms with Gasteiger partial charge in [-0.2, -0.15) is 0 Å². The lowest BCUT2D eigenvalue weighted by Crippen LogP contribution is -2.48. The van der Waals surface area contributed by atoms with Crippen molar-refractivity contribution >= 4 is 5.78 Å². The highest BCUT2D eigenvalue weighted by atomic mass is 19.1. The molecule has 0 radical (unpaired) electrons. The van der Waals surface area contributed by atoms with Gasteiger partial charge in [0.2, 0.25) is 0 Å². The second-order valence-corrected chi connectivity index (χ2v) is 4.62. The Labute approximate surface area is 94.4 Å². The van der Waals surface area contributed by atoms with Gasteiger partial charge in [0.25, 0.3) is 0 Å². The third-order valence-electron chi connectivity index (χ3n) is 3.11. The van der Waals surface area contributed by atoms with Crippen LogP contribution < -0.4 is 0 Å². The first-order valence-electron chi connectivity index (χ1n) is 5.37. The molecular weight excluding hydrogens is 207 g/mol. The molecule has 3 heteroatoms. The van der Waals surface area contributed by atoms with Crippen LogP contribution in [0.2, 0.25) is 0 Å². The number of hydrogen-bond donors (Lipinski definition) is 0. The van der Waals surface area contributed by atoms with Gasteiger partial charge in [0.15, 0.2) is 0 Å². The van der Waals surface area contributed by atoms with Gasteiger partial charge in [0.05, 0.1) is 13.2 Å². The van der Waals surface area contributed by atoms with Crippen LogP contribution in [0.3, 0.4) is 0 Å². The Hall–Kier alpha value is -1.22. The highest BCUT2D eigenvalue weighted by molar-refractivity contribution is 5.77. The summed E-state index contributed by atoms with van der Waals surface area (Å²) in [5.74, 6) is -0.0627. The number of ether oxygens (including phenoxy) is 1. The van der Waals surface area contributed by atoms with E-state index in [9.17, 15) is 9.18 Å². The summed E-state index contributed by atoms with van der Waals surface area (Å²) in [6, 6.07) is 5.04. The van der Waals surface area contributed by atoms with Crippen molar-refractivity contribution < 1.29 is 13.9 Å². The molecule has 1 fully saturated rings. The minimum atomic E-state index is -0.218. The van der Waals surface area contributed by atoms with Crippen LogP contribution in [0.25, 0.3) is 0 Å². The van der Waals surface area contributed by atoms with Crippen molar-refractivity contribution in [2.24, 2.45) is 0 Å². The number of rotatable bonds is 3. The molecule has 1 saturated heterocycles. The average Bonchev–Trinajstić information content (AvgIpc) is 2.16. The van der Waals surface area contributed by atoms with Crippen molar-refractivity contribution in [1.82, 2.24) is 0 Å². The lowest BCUT2D eigenvalue weighted by molar-refractivity contribution is -0.125. The zero-order valence-corrected chi connectivity index (χ0v) is 9.55. The van der Waals surface area contributed by atoms with Crippen molar-refractivity contribution in [2.75, 3.05) is 13.2 Å². The van der Waals surface area contributed by atoms with Crippen molar-refractivity contribution in [1.29, 1.82) is 0 Å². The lowest BCUT2D eigenvalue weighted by Gasteiger charge is -2.41. The van der Waals surface area contributed by atoms with Gasteiger partial charge >= 0.3 is 0 Å². The van der Waals surface area contributed by atoms with E-state index in [0.717, 1.165) is 5.56 Å². The summed E-state index contributed by atoms with van der Waals surface area (Å²) < 4.78 is 18.4. The fraction of sp³-hybridized carbons (Fsp3) is 0.462. The molecule has 0 spiro atoms. The van der Waals surface area contributed by atoms with E-state index in [1.807, 2.05) is 6.07 Å². The quantitative estimate of drug-likeness (QED) is 0.784. The summed E-state index contributed by atoms with van der Waals surface area (Å²) in [5, 5.41) is 0. The van der Waals surface area contributed by atoms with Crippen LogP contribution in [0, 0.1) is 12.7 Å². The summed E-state index contributed by atoms with van der Waals surface area (Å²) >= 11 is 0. The molecule has 0 atom stereocenters. The van der Waals surface area contributed by atoms with Gasteiger partial charge in [0, 0.05) is 11.8 Å². The normalized spacial score (nSPS) is 17.9. The minimum absolute atomic E-state index is 0.144. The zero-order valence-electron chi connectivity index (χ0n) is 9.55. The summed E-state index contributed by atoms with van der Waals surface area (Å²) in [6.45, 7) is 4.42. The first-order chi connectivity index (χ1) is 7.53. The molecule has 0 bridgehead atoms. The summed E-state index contributed by atoms with van der Waals surface area (Å²) in [6.07, 6.45) is 0.470. The van der Waals surface area contributed by atoms with E-state index in [1.165, 1.54) is 6.07 Å². The number of ketones is 1. The summed E-state index contributed by atoms with van der Waals surface area (Å²) in [7, 11) is 0. The molecule has 1 aliphatic heterocycles. The number of aryl methyl sites for hydroxylation is 1. The first kappa shape index (κ1) is 11.3. The second-order valence-electron chi connectivity index (χ2n) is 4.62. The third-order valence-corrected chi connectivity index (χ3v) is 3.11. The van der Waals surface area contributed by atoms with Crippen LogP contribution in [0.4, 0.5) is 4.39 Å². The Morgan fingerprint density at radius 3 is 2.62 bits per heavy atom. The third kappa shape index (κ3) is 1.87. The molecule has 0 unspecified atom stereocenters. The van der Waals surface area contributed by atoms with E-state index >= 15 is 0 Å². The minimum Gasteiger partial charge on any atom is -0.379 e. The zero-order chi connectivity index (χ0) is 11.8. The van der Waals surface area contributed by atoms with Crippen LogP contribution in [-0.2, 0) is 14.9 Å². The van der Waals surface area contributed by atoms with Crippen LogP contribution in [0.15, 0.2) is 18.2 Å². The number of benzene rings is 1. The number of carbonyl (C=O) groups is 1. The molecule has 0 aromatic heterocycles. The summed E-state index contributed by atoms with van der Waals surface area (Å²) in [5.41, 5.74) is 1.41. The highest BCUT2D eigenvalue weighted by Gasteiger charge is 2.41. The van der Waals surface area contributed by atoms with Gasteiger partial charge in [-0.05, 0) is 31.0 Å². The van der Waals surface area contributed by atoms with Crippen molar-refractivity contribution in [2.45, 2.75) is 25.7 Å². The molecule has 1 aromatic rings. The number of carbonyl (C=O) groups excluding carboxylic acids is 1. The standard InChI is InChI=1S/C13H15FO2/c1-9-5-11(3-4-12(9)14)13(6-10(2)15)7-16-8-13/h3-5H,6-8H2,1-2H3. The van der Waals surface area contributed by atoms with Gasteiger partial charge in [-0.25, -0.2) is 4.39 Å². The van der Waals surface area contributed by atoms with E-state index in [0.29, 0.717) is 25.2 Å². The molecule has 1 aliphatic rings. The maximum atomic E-state index is 13.2. The molecule has 2 nitrogen and oxygen atoms in total. The number of Topliss-reactive ketones (excluding diaryl/α,β-unsaturated/α-hetero) is 1. The predicted molar refractivity (Wildman–Crippen MR) is 58.9 cm³/mol. The Morgan fingerprint density at radius 1 is 1.50 bits per heavy atom. The molecule has 86 valence electrons. The van der Waals surface area contributed by atoms with Gasteiger partial charge in [-0.1, -0.05) is 12.1 Å². The SMILES string of the molecule is CC(=O)CC1(c2ccc(F)c(C)c2)COC1. The average molecular weight is 222 g/mol. The Morgan fingerprint density at radius 2 is 2.19 bits per heavy atom. The highest BCUT2D eigenvalue weighted by Crippen LogP contribution is 2.36. The maximum absolute atomic E-state index is 13.2. The van der Waals surface area contributed by atoms with Crippen molar-refractivity contribution in [3.05, 3.63) is 35.1 Å². The number of halogens is 1. The first-order valence-corrected chi connectivity index (χ1v) is 5.37. The van der Waals surface area contributed by atoms with Crippen LogP contribution in [0.5, 0.6) is 0 Å². The fourth-order valence-electron chi connectivity index (χ4n) is 2.17. The van der Waals surface area contributed by atoms with Gasteiger partial charge in [0.1, 0.15) is 11.6 Å². The van der Waals surface area contributed by atoms with Crippen molar-refractivity contribution in [3.8, 4) is 0 Å². The van der Waals surface area contributed by atoms with Crippen LogP contribution >= 0.6 is 0 Å². The van der Waals surface area contributed by atoms with Gasteiger partial charge in [-0.3, -0.25) is 4.79 Å². The predicted octanol–water partition coefficient (Wildman–Crippen LogP) is 2.38. The molecule has 0 aliphatic carbocycles. The smallest absolute Gasteiger partial charge is 0.130 e. The van der Waals surface area contributed by atoms with Gasteiger partial charge in [-0.15, -0.1) is 0 Å². The van der Waals surface area contributed by atoms with Gasteiger partial charge < -0.3 is 4.74 Å². The largest absolute Gasteiger partial charge is 0.379 e. The van der Waals surface area contributed by atoms with E-state index < -0.39 is 0 Å². The Balaban J connectivity index is 2.33. The monoisotopic (exact) mass is 222 g/mol. The molecule has 0 N–H and O–H groups in total. The Bertz CT molecular complexity index is 422. The molecule has 1 aromatic carbocycles. The molecular formula is C13H15FO2. The van der Waals surface area contributed by atoms with E-state index in [1.54, 1.807) is 19.9 Å². The lowest BCUT2D eigenvalue weighted by atomic mass is 9.74. The molecule has 1 heterocycles. The topological polar surface area (TPSA) is 26.3 Å². The van der Waals surface area contributed by atoms with Crippen LogP contribution in [-0.4, -0.2) is 19.0 Å². The van der Waals surface area contributed by atoms with E-state index in [4.69, 9.17) is 4.74 Å². The Kier molecular flexibility index (Phi) is 2.80. The molecule has 16 heavy (non-hydrogen) atoms. The second kappa shape index (κ2) is 3.98. The molecule has 0 saturated carbocycles. The molecule has 0 amide bonds. The number of hydrogen-bond acceptors (Lipinski definition) is 2. The van der Waals surface area contributed by atoms with E-state index in [2.05, 4.69) is 0 Å². The van der Waals surface area contributed by atoms with Crippen LogP contribution in [0.1, 0.15) is 24.5 Å². The summed E-state index contributed by atoms with van der Waals surface area (Å²) in [4.78, 5) is 11.2. The maximum Gasteiger partial charge on any atom is 0.130 e. The molecule has 2 rings (SSSR count). The van der Waals surface area contributed by atoms with E-state index in [-0.39, 0.29) is 17.0 Å². The van der Waals surface area contributed by atoms with Crippen molar-refractivity contribution in [3.63, 3.8) is 0 Å².